The number of para-hydroxylation sites is 1. The molecule has 0 spiro atoms. The summed E-state index contributed by atoms with van der Waals surface area (Å²) in [7, 11) is 1.68. The lowest BCUT2D eigenvalue weighted by Crippen LogP contribution is -2.42. The molecule has 0 aliphatic carbocycles. The normalized spacial score (nSPS) is 18.4. The lowest BCUT2D eigenvalue weighted by atomic mass is 9.97. The van der Waals surface area contributed by atoms with Gasteiger partial charge in [-0.15, -0.1) is 0 Å². The predicted octanol–water partition coefficient (Wildman–Crippen LogP) is 5.82. The average Bonchev–Trinajstić information content (AvgIpc) is 3.07. The van der Waals surface area contributed by atoms with Crippen molar-refractivity contribution in [2.24, 2.45) is 0 Å². The Balaban J connectivity index is 1.21. The molecule has 0 aromatic heterocycles. The maximum atomic E-state index is 15.5. The van der Waals surface area contributed by atoms with E-state index in [4.69, 9.17) is 42.1 Å². The van der Waals surface area contributed by atoms with Crippen LogP contribution in [0.15, 0.2) is 42.5 Å². The number of carboxylic acid groups (broad SMARTS) is 1. The fraction of sp³-hybridized carbons (Fsp3) is 0.412. The number of amides is 1. The van der Waals surface area contributed by atoms with Crippen LogP contribution in [0.1, 0.15) is 39.1 Å². The molecule has 250 valence electrons. The molecule has 1 amide bonds. The van der Waals surface area contributed by atoms with E-state index in [0.29, 0.717) is 61.2 Å². The second kappa shape index (κ2) is 14.7. The van der Waals surface area contributed by atoms with Crippen molar-refractivity contribution in [3.63, 3.8) is 0 Å². The van der Waals surface area contributed by atoms with Gasteiger partial charge in [0, 0.05) is 50.0 Å². The minimum atomic E-state index is -1.21. The largest absolute Gasteiger partial charge is 0.489 e. The number of likely N-dealkylation sites (tertiary alicyclic amines) is 1. The van der Waals surface area contributed by atoms with Gasteiger partial charge in [0.1, 0.15) is 23.4 Å². The Labute approximate surface area is 282 Å². The standard InChI is InChI=1S/C34H36Cl2FN3O7/c1-44-11-8-38-7-3-5-22(19-38)47-23-14-27(35)31(28(36)15-23)33(41)40-18-21-4-2-6-24(32(21)46-20-40)25-17-30(39-9-12-45-13-10-39)26(34(42)43)16-29(25)37/h2,4,6,14-17,22H,3,5,7-13,18-20H2,1H3,(H,42,43)/t22-/m1/s1. The third kappa shape index (κ3) is 7.29. The first-order valence-corrected chi connectivity index (χ1v) is 16.3. The molecule has 47 heavy (non-hydrogen) atoms. The predicted molar refractivity (Wildman–Crippen MR) is 176 cm³/mol. The second-order valence-electron chi connectivity index (χ2n) is 11.8. The van der Waals surface area contributed by atoms with Crippen molar-refractivity contribution in [3.8, 4) is 22.6 Å². The third-order valence-corrected chi connectivity index (χ3v) is 9.27. The highest BCUT2D eigenvalue weighted by Crippen LogP contribution is 2.41. The zero-order chi connectivity index (χ0) is 33.1. The van der Waals surface area contributed by atoms with Crippen molar-refractivity contribution in [1.29, 1.82) is 0 Å². The summed E-state index contributed by atoms with van der Waals surface area (Å²) >= 11 is 13.3. The van der Waals surface area contributed by atoms with Crippen LogP contribution in [0.4, 0.5) is 10.1 Å². The van der Waals surface area contributed by atoms with Crippen LogP contribution in [0.25, 0.3) is 11.1 Å². The minimum absolute atomic E-state index is 0.0365. The molecule has 3 aromatic rings. The Morgan fingerprint density at radius 3 is 2.55 bits per heavy atom. The third-order valence-electron chi connectivity index (χ3n) is 8.67. The number of carbonyl (C=O) groups is 2. The first-order chi connectivity index (χ1) is 22.7. The van der Waals surface area contributed by atoms with Gasteiger partial charge in [-0.3, -0.25) is 9.69 Å². The molecule has 10 nitrogen and oxygen atoms in total. The number of rotatable bonds is 9. The fourth-order valence-electron chi connectivity index (χ4n) is 6.33. The summed E-state index contributed by atoms with van der Waals surface area (Å²) in [4.78, 5) is 31.3. The smallest absolute Gasteiger partial charge is 0.337 e. The Kier molecular flexibility index (Phi) is 10.4. The minimum Gasteiger partial charge on any atom is -0.489 e. The molecule has 1 atom stereocenters. The molecule has 3 aliphatic heterocycles. The van der Waals surface area contributed by atoms with Gasteiger partial charge in [-0.05, 0) is 43.7 Å². The van der Waals surface area contributed by atoms with Crippen molar-refractivity contribution < 1.29 is 38.0 Å². The van der Waals surface area contributed by atoms with E-state index in [1.54, 1.807) is 43.5 Å². The van der Waals surface area contributed by atoms with Crippen molar-refractivity contribution >= 4 is 40.8 Å². The number of fused-ring (bicyclic) bond motifs is 1. The molecule has 1 N–H and O–H groups in total. The van der Waals surface area contributed by atoms with E-state index in [1.165, 1.54) is 4.90 Å². The van der Waals surface area contributed by atoms with Gasteiger partial charge in [-0.25, -0.2) is 9.18 Å². The van der Waals surface area contributed by atoms with Crippen molar-refractivity contribution in [3.05, 3.63) is 75.0 Å². The van der Waals surface area contributed by atoms with E-state index in [1.807, 2.05) is 4.90 Å². The zero-order valence-electron chi connectivity index (χ0n) is 26.0. The number of halogens is 3. The van der Waals surface area contributed by atoms with E-state index in [-0.39, 0.29) is 46.1 Å². The van der Waals surface area contributed by atoms with E-state index in [0.717, 1.165) is 38.5 Å². The molecule has 3 aliphatic rings. The van der Waals surface area contributed by atoms with Crippen LogP contribution in [0.2, 0.25) is 10.0 Å². The maximum Gasteiger partial charge on any atom is 0.337 e. The van der Waals surface area contributed by atoms with Gasteiger partial charge < -0.3 is 33.9 Å². The van der Waals surface area contributed by atoms with Gasteiger partial charge in [0.2, 0.25) is 0 Å². The Hall–Kier alpha value is -3.61. The van der Waals surface area contributed by atoms with Crippen LogP contribution in [0.5, 0.6) is 11.5 Å². The number of hydrogen-bond donors (Lipinski definition) is 1. The van der Waals surface area contributed by atoms with E-state index in [2.05, 4.69) is 4.90 Å². The number of benzene rings is 3. The summed E-state index contributed by atoms with van der Waals surface area (Å²) in [6.07, 6.45) is 1.86. The van der Waals surface area contributed by atoms with Gasteiger partial charge in [0.15, 0.2) is 6.73 Å². The summed E-state index contributed by atoms with van der Waals surface area (Å²) < 4.78 is 38.4. The van der Waals surface area contributed by atoms with Crippen LogP contribution >= 0.6 is 23.2 Å². The second-order valence-corrected chi connectivity index (χ2v) is 12.6. The van der Waals surface area contributed by atoms with Crippen molar-refractivity contribution in [1.82, 2.24) is 9.80 Å². The van der Waals surface area contributed by atoms with Crippen molar-refractivity contribution in [2.75, 3.05) is 71.3 Å². The van der Waals surface area contributed by atoms with Gasteiger partial charge in [0.05, 0.1) is 53.2 Å². The number of piperidine rings is 1. The van der Waals surface area contributed by atoms with E-state index >= 15 is 4.39 Å². The first-order valence-electron chi connectivity index (χ1n) is 15.5. The van der Waals surface area contributed by atoms with Crippen LogP contribution in [-0.4, -0.2) is 99.3 Å². The number of ether oxygens (including phenoxy) is 4. The number of aromatic carboxylic acids is 1. The average molecular weight is 689 g/mol. The fourth-order valence-corrected chi connectivity index (χ4v) is 6.96. The highest BCUT2D eigenvalue weighted by Gasteiger charge is 2.30. The van der Waals surface area contributed by atoms with Gasteiger partial charge in [0.25, 0.3) is 5.91 Å². The highest BCUT2D eigenvalue weighted by molar-refractivity contribution is 6.39. The molecule has 0 bridgehead atoms. The number of carboxylic acids is 1. The molecule has 6 rings (SSSR count). The highest BCUT2D eigenvalue weighted by atomic mass is 35.5. The summed E-state index contributed by atoms with van der Waals surface area (Å²) in [6.45, 7) is 5.12. The summed E-state index contributed by atoms with van der Waals surface area (Å²) in [5.74, 6) is -1.41. The van der Waals surface area contributed by atoms with E-state index < -0.39 is 17.7 Å². The number of anilines is 1. The van der Waals surface area contributed by atoms with Gasteiger partial charge >= 0.3 is 5.97 Å². The van der Waals surface area contributed by atoms with Crippen molar-refractivity contribution in [2.45, 2.75) is 25.5 Å². The molecule has 0 unspecified atom stereocenters. The number of methoxy groups -OCH3 is 1. The van der Waals surface area contributed by atoms with Crippen LogP contribution < -0.4 is 14.4 Å². The van der Waals surface area contributed by atoms with Crippen LogP contribution in [-0.2, 0) is 16.0 Å². The molecule has 3 aromatic carbocycles. The molecule has 0 saturated carbocycles. The quantitative estimate of drug-likeness (QED) is 0.298. The lowest BCUT2D eigenvalue weighted by Gasteiger charge is -2.33. The molecular formula is C34H36Cl2FN3O7. The molecule has 3 heterocycles. The Morgan fingerprint density at radius 2 is 1.83 bits per heavy atom. The number of nitrogens with zero attached hydrogens (tertiary/aromatic N) is 3. The summed E-state index contributed by atoms with van der Waals surface area (Å²) in [5, 5.41) is 10.1. The molecular weight excluding hydrogens is 652 g/mol. The molecule has 13 heteroatoms. The number of hydrogen-bond acceptors (Lipinski definition) is 8. The molecule has 2 saturated heterocycles. The van der Waals surface area contributed by atoms with E-state index in [9.17, 15) is 14.7 Å². The monoisotopic (exact) mass is 687 g/mol. The topological polar surface area (TPSA) is 101 Å². The molecule has 0 radical (unpaired) electrons. The maximum absolute atomic E-state index is 15.5. The number of morpholine rings is 1. The Bertz CT molecular complexity index is 1630. The zero-order valence-corrected chi connectivity index (χ0v) is 27.5. The van der Waals surface area contributed by atoms with Crippen LogP contribution in [0.3, 0.4) is 0 Å². The SMILES string of the molecule is COCCN1CCC[C@@H](Oc2cc(Cl)c(C(=O)N3COc4c(cccc4-c4cc(N5CCOCC5)c(C(=O)O)cc4F)C3)c(Cl)c2)C1. The first kappa shape index (κ1) is 33.3. The van der Waals surface area contributed by atoms with Gasteiger partial charge in [-0.1, -0.05) is 41.4 Å². The summed E-state index contributed by atoms with van der Waals surface area (Å²) in [6, 6.07) is 11.1. The van der Waals surface area contributed by atoms with Crippen LogP contribution in [0, 0.1) is 5.82 Å². The molecule has 2 fully saturated rings. The Morgan fingerprint density at radius 1 is 1.06 bits per heavy atom. The van der Waals surface area contributed by atoms with Gasteiger partial charge in [-0.2, -0.15) is 0 Å². The lowest BCUT2D eigenvalue weighted by molar-refractivity contribution is 0.0515. The number of carbonyl (C=O) groups excluding carboxylic acids is 1. The summed E-state index contributed by atoms with van der Waals surface area (Å²) in [5.41, 5.74) is 1.74.